The number of nitrogens with one attached hydrogen (secondary N) is 1. The third-order valence-electron chi connectivity index (χ3n) is 3.01. The van der Waals surface area contributed by atoms with Gasteiger partial charge < -0.3 is 9.88 Å². The Bertz CT molecular complexity index is 305. The topological polar surface area (TPSA) is 42.7 Å². The maximum absolute atomic E-state index is 4.24. The van der Waals surface area contributed by atoms with Crippen molar-refractivity contribution in [1.82, 2.24) is 20.1 Å². The Hall–Kier alpha value is -0.900. The second-order valence-electron chi connectivity index (χ2n) is 4.33. The first kappa shape index (κ1) is 9.65. The van der Waals surface area contributed by atoms with E-state index in [0.29, 0.717) is 18.0 Å². The first-order valence-corrected chi connectivity index (χ1v) is 5.33. The van der Waals surface area contributed by atoms with Gasteiger partial charge in [-0.25, -0.2) is 0 Å². The first-order valence-electron chi connectivity index (χ1n) is 5.33. The molecule has 0 aromatic carbocycles. The molecular weight excluding hydrogens is 176 g/mol. The minimum atomic E-state index is 0.452. The van der Waals surface area contributed by atoms with Crippen LogP contribution in [0.15, 0.2) is 6.33 Å². The van der Waals surface area contributed by atoms with Gasteiger partial charge >= 0.3 is 0 Å². The van der Waals surface area contributed by atoms with Crippen LogP contribution in [0.2, 0.25) is 0 Å². The number of hydrogen-bond acceptors (Lipinski definition) is 3. The molecule has 1 fully saturated rings. The molecule has 2 rings (SSSR count). The molecule has 1 aromatic rings. The Kier molecular flexibility index (Phi) is 2.54. The van der Waals surface area contributed by atoms with E-state index in [0.717, 1.165) is 12.4 Å². The molecule has 2 heterocycles. The van der Waals surface area contributed by atoms with Gasteiger partial charge in [-0.2, -0.15) is 0 Å². The molecule has 14 heavy (non-hydrogen) atoms. The van der Waals surface area contributed by atoms with Crippen molar-refractivity contribution >= 4 is 0 Å². The van der Waals surface area contributed by atoms with E-state index in [1.165, 1.54) is 6.42 Å². The maximum atomic E-state index is 4.24. The van der Waals surface area contributed by atoms with Gasteiger partial charge in [-0.1, -0.05) is 0 Å². The molecule has 0 saturated carbocycles. The van der Waals surface area contributed by atoms with Crippen LogP contribution in [0.25, 0.3) is 0 Å². The van der Waals surface area contributed by atoms with Crippen molar-refractivity contribution in [2.24, 2.45) is 0 Å². The van der Waals surface area contributed by atoms with Crippen molar-refractivity contribution < 1.29 is 0 Å². The van der Waals surface area contributed by atoms with Crippen LogP contribution >= 0.6 is 0 Å². The molecule has 1 saturated heterocycles. The lowest BCUT2D eigenvalue weighted by Gasteiger charge is -2.17. The van der Waals surface area contributed by atoms with E-state index in [2.05, 4.69) is 40.9 Å². The van der Waals surface area contributed by atoms with Crippen LogP contribution in [0.3, 0.4) is 0 Å². The van der Waals surface area contributed by atoms with Gasteiger partial charge in [0.15, 0.2) is 0 Å². The second kappa shape index (κ2) is 3.69. The molecule has 2 unspecified atom stereocenters. The summed E-state index contributed by atoms with van der Waals surface area (Å²) in [6.07, 6.45) is 3.01. The fourth-order valence-electron chi connectivity index (χ4n) is 2.13. The minimum Gasteiger partial charge on any atom is -0.315 e. The van der Waals surface area contributed by atoms with Gasteiger partial charge in [0.25, 0.3) is 0 Å². The summed E-state index contributed by atoms with van der Waals surface area (Å²) in [6.45, 7) is 7.65. The van der Waals surface area contributed by atoms with Gasteiger partial charge in [0.2, 0.25) is 0 Å². The van der Waals surface area contributed by atoms with Crippen molar-refractivity contribution in [3.8, 4) is 0 Å². The predicted octanol–water partition coefficient (Wildman–Crippen LogP) is 1.32. The SMILES string of the molecule is CC1NCCC1c1nncn1C(C)C. The molecule has 1 aromatic heterocycles. The molecule has 0 amide bonds. The average Bonchev–Trinajstić information content (AvgIpc) is 2.70. The average molecular weight is 194 g/mol. The lowest BCUT2D eigenvalue weighted by Crippen LogP contribution is -2.24. The van der Waals surface area contributed by atoms with E-state index >= 15 is 0 Å². The number of hydrogen-bond donors (Lipinski definition) is 1. The Morgan fingerprint density at radius 1 is 1.57 bits per heavy atom. The lowest BCUT2D eigenvalue weighted by molar-refractivity contribution is 0.498. The highest BCUT2D eigenvalue weighted by atomic mass is 15.3. The molecule has 2 atom stereocenters. The Labute approximate surface area is 84.7 Å². The summed E-state index contributed by atoms with van der Waals surface area (Å²) in [5.41, 5.74) is 0. The van der Waals surface area contributed by atoms with Gasteiger partial charge in [-0.3, -0.25) is 0 Å². The summed E-state index contributed by atoms with van der Waals surface area (Å²) >= 11 is 0. The highest BCUT2D eigenvalue weighted by Gasteiger charge is 2.28. The lowest BCUT2D eigenvalue weighted by atomic mass is 10.0. The largest absolute Gasteiger partial charge is 0.315 e. The monoisotopic (exact) mass is 194 g/mol. The third-order valence-corrected chi connectivity index (χ3v) is 3.01. The van der Waals surface area contributed by atoms with Crippen LogP contribution in [0.1, 0.15) is 45.0 Å². The van der Waals surface area contributed by atoms with Crippen molar-refractivity contribution in [2.75, 3.05) is 6.54 Å². The van der Waals surface area contributed by atoms with Gasteiger partial charge in [0.05, 0.1) is 0 Å². The standard InChI is InChI=1S/C10H18N4/c1-7(2)14-6-12-13-10(14)9-4-5-11-8(9)3/h6-9,11H,4-5H2,1-3H3. The highest BCUT2D eigenvalue weighted by Crippen LogP contribution is 2.27. The Morgan fingerprint density at radius 2 is 2.36 bits per heavy atom. The zero-order valence-corrected chi connectivity index (χ0v) is 9.07. The fourth-order valence-corrected chi connectivity index (χ4v) is 2.13. The molecule has 4 nitrogen and oxygen atoms in total. The normalized spacial score (nSPS) is 27.4. The molecule has 0 aliphatic carbocycles. The van der Waals surface area contributed by atoms with Gasteiger partial charge in [0.1, 0.15) is 12.2 Å². The number of rotatable bonds is 2. The molecule has 4 heteroatoms. The Morgan fingerprint density at radius 3 is 2.93 bits per heavy atom. The minimum absolute atomic E-state index is 0.452. The summed E-state index contributed by atoms with van der Waals surface area (Å²) in [5, 5.41) is 11.7. The van der Waals surface area contributed by atoms with Crippen LogP contribution in [-0.2, 0) is 0 Å². The van der Waals surface area contributed by atoms with E-state index in [4.69, 9.17) is 0 Å². The van der Waals surface area contributed by atoms with Crippen LogP contribution in [0.4, 0.5) is 0 Å². The summed E-state index contributed by atoms with van der Waals surface area (Å²) in [7, 11) is 0. The molecule has 78 valence electrons. The van der Waals surface area contributed by atoms with Gasteiger partial charge in [-0.15, -0.1) is 10.2 Å². The number of nitrogens with zero attached hydrogens (tertiary/aromatic N) is 3. The summed E-state index contributed by atoms with van der Waals surface area (Å²) in [6, 6.07) is 0.976. The fraction of sp³-hybridized carbons (Fsp3) is 0.800. The molecule has 1 N–H and O–H groups in total. The van der Waals surface area contributed by atoms with Crippen LogP contribution in [-0.4, -0.2) is 27.4 Å². The molecule has 0 bridgehead atoms. The molecule has 0 spiro atoms. The van der Waals surface area contributed by atoms with Crippen molar-refractivity contribution in [2.45, 2.75) is 45.2 Å². The van der Waals surface area contributed by atoms with Crippen molar-refractivity contribution in [3.05, 3.63) is 12.2 Å². The maximum Gasteiger partial charge on any atom is 0.137 e. The highest BCUT2D eigenvalue weighted by molar-refractivity contribution is 5.05. The summed E-state index contributed by atoms with van der Waals surface area (Å²) in [4.78, 5) is 0. The smallest absolute Gasteiger partial charge is 0.137 e. The second-order valence-corrected chi connectivity index (χ2v) is 4.33. The molecule has 1 aliphatic heterocycles. The first-order chi connectivity index (χ1) is 6.70. The molecule has 0 radical (unpaired) electrons. The van der Waals surface area contributed by atoms with Crippen LogP contribution in [0, 0.1) is 0 Å². The zero-order chi connectivity index (χ0) is 10.1. The van der Waals surface area contributed by atoms with E-state index < -0.39 is 0 Å². The van der Waals surface area contributed by atoms with Crippen LogP contribution in [0.5, 0.6) is 0 Å². The summed E-state index contributed by atoms with van der Waals surface area (Å²) < 4.78 is 2.17. The van der Waals surface area contributed by atoms with E-state index in [1.807, 2.05) is 6.33 Å². The third kappa shape index (κ3) is 1.54. The van der Waals surface area contributed by atoms with Crippen molar-refractivity contribution in [1.29, 1.82) is 0 Å². The predicted molar refractivity (Wildman–Crippen MR) is 55.2 cm³/mol. The van der Waals surface area contributed by atoms with E-state index in [-0.39, 0.29) is 0 Å². The molecular formula is C10H18N4. The molecule has 1 aliphatic rings. The summed E-state index contributed by atoms with van der Waals surface area (Å²) in [5.74, 6) is 1.66. The Balaban J connectivity index is 2.26. The zero-order valence-electron chi connectivity index (χ0n) is 9.07. The van der Waals surface area contributed by atoms with Crippen LogP contribution < -0.4 is 5.32 Å². The van der Waals surface area contributed by atoms with E-state index in [1.54, 1.807) is 0 Å². The number of aromatic nitrogens is 3. The van der Waals surface area contributed by atoms with E-state index in [9.17, 15) is 0 Å². The van der Waals surface area contributed by atoms with Crippen molar-refractivity contribution in [3.63, 3.8) is 0 Å². The van der Waals surface area contributed by atoms with Gasteiger partial charge in [0, 0.05) is 18.0 Å². The quantitative estimate of drug-likeness (QED) is 0.772. The van der Waals surface area contributed by atoms with Gasteiger partial charge in [-0.05, 0) is 33.7 Å².